The largest absolute Gasteiger partial charge is 0.299 e. The Bertz CT molecular complexity index is 671. The molecule has 0 aliphatic carbocycles. The maximum atomic E-state index is 5.95. The molecule has 4 nitrogen and oxygen atoms in total. The van der Waals surface area contributed by atoms with Crippen LogP contribution in [-0.4, -0.2) is 11.6 Å². The van der Waals surface area contributed by atoms with Gasteiger partial charge in [-0.3, -0.25) is 4.74 Å². The molecule has 0 radical (unpaired) electrons. The molecule has 2 atom stereocenters. The van der Waals surface area contributed by atoms with Crippen molar-refractivity contribution < 1.29 is 14.5 Å². The van der Waals surface area contributed by atoms with E-state index < -0.39 is 11.7 Å². The third-order valence-corrected chi connectivity index (χ3v) is 3.47. The van der Waals surface area contributed by atoms with Gasteiger partial charge in [-0.1, -0.05) is 60.7 Å². The van der Waals surface area contributed by atoms with E-state index in [9.17, 15) is 0 Å². The Balaban J connectivity index is 1.89. The molecular formula is C16H13NO3. The van der Waals surface area contributed by atoms with Crippen LogP contribution in [0.15, 0.2) is 65.7 Å². The minimum absolute atomic E-state index is 0.734. The van der Waals surface area contributed by atoms with Gasteiger partial charge in [0, 0.05) is 18.1 Å². The standard InChI is InChI=1S/C16H13NO3/c1-15-17-14(12-8-4-2-5-9-12)16(18-15,20-19-15)13-10-6-3-7-11-13/h2-11H,1H3/t15-,16+/m0/s1. The minimum atomic E-state index is -1.09. The fraction of sp³-hybridized carbons (Fsp3) is 0.188. The second-order valence-corrected chi connectivity index (χ2v) is 4.98. The van der Waals surface area contributed by atoms with Crippen LogP contribution in [0.2, 0.25) is 0 Å². The fourth-order valence-electron chi connectivity index (χ4n) is 2.59. The summed E-state index contributed by atoms with van der Waals surface area (Å²) in [6.07, 6.45) is 0. The first kappa shape index (κ1) is 11.8. The molecular weight excluding hydrogens is 254 g/mol. The first-order chi connectivity index (χ1) is 9.72. The Kier molecular flexibility index (Phi) is 2.35. The number of hydrogen-bond acceptors (Lipinski definition) is 4. The molecule has 2 heterocycles. The van der Waals surface area contributed by atoms with E-state index >= 15 is 0 Å². The molecule has 2 aromatic carbocycles. The van der Waals surface area contributed by atoms with Crippen LogP contribution in [0.25, 0.3) is 0 Å². The van der Waals surface area contributed by atoms with Crippen LogP contribution >= 0.6 is 0 Å². The molecule has 2 aliphatic heterocycles. The van der Waals surface area contributed by atoms with Crippen molar-refractivity contribution in [3.63, 3.8) is 0 Å². The van der Waals surface area contributed by atoms with Gasteiger partial charge in [0.25, 0.3) is 11.7 Å². The zero-order valence-corrected chi connectivity index (χ0v) is 10.9. The predicted octanol–water partition coefficient (Wildman–Crippen LogP) is 2.99. The number of rotatable bonds is 2. The summed E-state index contributed by atoms with van der Waals surface area (Å²) in [5.74, 6) is -2.17. The topological polar surface area (TPSA) is 40.0 Å². The van der Waals surface area contributed by atoms with Crippen molar-refractivity contribution in [2.24, 2.45) is 4.99 Å². The number of ether oxygens (including phenoxy) is 1. The molecule has 0 aromatic heterocycles. The molecule has 0 N–H and O–H groups in total. The third kappa shape index (κ3) is 1.56. The third-order valence-electron chi connectivity index (χ3n) is 3.47. The number of hydrogen-bond donors (Lipinski definition) is 0. The van der Waals surface area contributed by atoms with E-state index in [1.54, 1.807) is 6.92 Å². The van der Waals surface area contributed by atoms with Gasteiger partial charge in [-0.05, 0) is 0 Å². The predicted molar refractivity (Wildman–Crippen MR) is 72.8 cm³/mol. The second kappa shape index (κ2) is 3.99. The van der Waals surface area contributed by atoms with Gasteiger partial charge in [-0.2, -0.15) is 9.78 Å². The number of nitrogens with zero attached hydrogens (tertiary/aromatic N) is 1. The molecule has 2 aliphatic rings. The smallest absolute Gasteiger partial charge is 0.284 e. The molecule has 2 aromatic rings. The van der Waals surface area contributed by atoms with Gasteiger partial charge in [0.15, 0.2) is 0 Å². The summed E-state index contributed by atoms with van der Waals surface area (Å²) in [6.45, 7) is 1.74. The van der Waals surface area contributed by atoms with Gasteiger partial charge in [-0.15, -0.1) is 0 Å². The molecule has 0 saturated carbocycles. The van der Waals surface area contributed by atoms with Crippen molar-refractivity contribution in [3.05, 3.63) is 71.8 Å². The zero-order valence-electron chi connectivity index (χ0n) is 10.9. The second-order valence-electron chi connectivity index (χ2n) is 4.98. The molecule has 0 spiro atoms. The Morgan fingerprint density at radius 2 is 1.50 bits per heavy atom. The lowest BCUT2D eigenvalue weighted by atomic mass is 9.95. The van der Waals surface area contributed by atoms with Gasteiger partial charge < -0.3 is 0 Å². The van der Waals surface area contributed by atoms with Gasteiger partial charge in [0.05, 0.1) is 0 Å². The Labute approximate surface area is 116 Å². The fourth-order valence-corrected chi connectivity index (χ4v) is 2.59. The quantitative estimate of drug-likeness (QED) is 0.785. The number of aliphatic imine (C=N–C) groups is 1. The van der Waals surface area contributed by atoms with Crippen LogP contribution in [-0.2, 0) is 20.3 Å². The zero-order chi connectivity index (χ0) is 13.6. The highest BCUT2D eigenvalue weighted by Gasteiger charge is 2.61. The average Bonchev–Trinajstić information content (AvgIpc) is 3.01. The summed E-state index contributed by atoms with van der Waals surface area (Å²) >= 11 is 0. The molecule has 100 valence electrons. The van der Waals surface area contributed by atoms with Crippen LogP contribution in [0.3, 0.4) is 0 Å². The van der Waals surface area contributed by atoms with E-state index in [-0.39, 0.29) is 0 Å². The lowest BCUT2D eigenvalue weighted by molar-refractivity contribution is -0.343. The van der Waals surface area contributed by atoms with E-state index in [4.69, 9.17) is 14.5 Å². The maximum Gasteiger partial charge on any atom is 0.299 e. The van der Waals surface area contributed by atoms with E-state index in [0.29, 0.717) is 0 Å². The highest BCUT2D eigenvalue weighted by Crippen LogP contribution is 2.49. The molecule has 20 heavy (non-hydrogen) atoms. The molecule has 1 fully saturated rings. The molecule has 0 unspecified atom stereocenters. The van der Waals surface area contributed by atoms with E-state index in [1.165, 1.54) is 0 Å². The summed E-state index contributed by atoms with van der Waals surface area (Å²) < 4.78 is 5.95. The van der Waals surface area contributed by atoms with Crippen molar-refractivity contribution in [3.8, 4) is 0 Å². The Hall–Kier alpha value is -2.01. The lowest BCUT2D eigenvalue weighted by Gasteiger charge is -2.24. The summed E-state index contributed by atoms with van der Waals surface area (Å²) in [7, 11) is 0. The van der Waals surface area contributed by atoms with Crippen LogP contribution < -0.4 is 0 Å². The normalized spacial score (nSPS) is 31.4. The van der Waals surface area contributed by atoms with E-state index in [2.05, 4.69) is 4.99 Å². The molecule has 1 saturated heterocycles. The summed E-state index contributed by atoms with van der Waals surface area (Å²) in [5, 5.41) is 0. The first-order valence-corrected chi connectivity index (χ1v) is 6.50. The van der Waals surface area contributed by atoms with Gasteiger partial charge in [0.2, 0.25) is 0 Å². The van der Waals surface area contributed by atoms with E-state index in [0.717, 1.165) is 16.8 Å². The minimum Gasteiger partial charge on any atom is -0.284 e. The summed E-state index contributed by atoms with van der Waals surface area (Å²) in [6, 6.07) is 19.6. The van der Waals surface area contributed by atoms with Crippen molar-refractivity contribution in [2.75, 3.05) is 0 Å². The van der Waals surface area contributed by atoms with Crippen LogP contribution in [0.1, 0.15) is 18.1 Å². The SMILES string of the molecule is C[C@@]12N=C(c3ccccc3)[C@@](c3ccccc3)(OO1)O2. The van der Waals surface area contributed by atoms with Crippen LogP contribution in [0.5, 0.6) is 0 Å². The monoisotopic (exact) mass is 267 g/mol. The molecule has 4 heteroatoms. The van der Waals surface area contributed by atoms with Crippen LogP contribution in [0, 0.1) is 0 Å². The van der Waals surface area contributed by atoms with Crippen LogP contribution in [0.4, 0.5) is 0 Å². The highest BCUT2D eigenvalue weighted by atomic mass is 17.3. The van der Waals surface area contributed by atoms with Crippen molar-refractivity contribution >= 4 is 5.71 Å². The van der Waals surface area contributed by atoms with Gasteiger partial charge >= 0.3 is 0 Å². The van der Waals surface area contributed by atoms with Crippen molar-refractivity contribution in [2.45, 2.75) is 18.6 Å². The number of benzene rings is 2. The maximum absolute atomic E-state index is 5.95. The first-order valence-electron chi connectivity index (χ1n) is 6.50. The number of fused-ring (bicyclic) bond motifs is 2. The van der Waals surface area contributed by atoms with E-state index in [1.807, 2.05) is 60.7 Å². The lowest BCUT2D eigenvalue weighted by Crippen LogP contribution is -2.35. The van der Waals surface area contributed by atoms with Crippen molar-refractivity contribution in [1.82, 2.24) is 0 Å². The van der Waals surface area contributed by atoms with Gasteiger partial charge in [0.1, 0.15) is 5.71 Å². The Morgan fingerprint density at radius 3 is 2.15 bits per heavy atom. The molecule has 0 amide bonds. The summed E-state index contributed by atoms with van der Waals surface area (Å²) in [5.41, 5.74) is 2.56. The average molecular weight is 267 g/mol. The molecule has 4 rings (SSSR count). The van der Waals surface area contributed by atoms with Crippen molar-refractivity contribution in [1.29, 1.82) is 0 Å². The highest BCUT2D eigenvalue weighted by molar-refractivity contribution is 6.07. The van der Waals surface area contributed by atoms with Gasteiger partial charge in [-0.25, -0.2) is 4.99 Å². The molecule has 2 bridgehead atoms. The summed E-state index contributed by atoms with van der Waals surface area (Å²) in [4.78, 5) is 15.3. The Morgan fingerprint density at radius 1 is 0.850 bits per heavy atom.